The highest BCUT2D eigenvalue weighted by molar-refractivity contribution is 9.10. The van der Waals surface area contributed by atoms with E-state index < -0.39 is 5.82 Å². The van der Waals surface area contributed by atoms with E-state index in [1.165, 1.54) is 22.8 Å². The van der Waals surface area contributed by atoms with Crippen LogP contribution in [0.4, 0.5) is 4.39 Å². The summed E-state index contributed by atoms with van der Waals surface area (Å²) < 4.78 is 14.9. The van der Waals surface area contributed by atoms with E-state index in [9.17, 15) is 9.18 Å². The molecular formula is C13H9BrFN3O. The second-order valence-electron chi connectivity index (χ2n) is 3.96. The Hall–Kier alpha value is -2.00. The number of aromatic nitrogens is 2. The third kappa shape index (κ3) is 2.71. The van der Waals surface area contributed by atoms with Crippen molar-refractivity contribution in [2.24, 2.45) is 0 Å². The Kier molecular flexibility index (Phi) is 3.76. The van der Waals surface area contributed by atoms with Crippen LogP contribution in [0.1, 0.15) is 17.0 Å². The number of hydrogen-bond acceptors (Lipinski definition) is 3. The van der Waals surface area contributed by atoms with E-state index in [0.29, 0.717) is 15.9 Å². The highest BCUT2D eigenvalue weighted by Crippen LogP contribution is 2.15. The van der Waals surface area contributed by atoms with Gasteiger partial charge in [-0.05, 0) is 41.1 Å². The van der Waals surface area contributed by atoms with E-state index in [-0.39, 0.29) is 17.7 Å². The Labute approximate surface area is 117 Å². The monoisotopic (exact) mass is 321 g/mol. The predicted molar refractivity (Wildman–Crippen MR) is 71.2 cm³/mol. The SMILES string of the molecule is Cc1c(Br)cc(C#N)c(=O)n1Cc1ccc(F)cn1. The van der Waals surface area contributed by atoms with Crippen molar-refractivity contribution in [2.45, 2.75) is 13.5 Å². The average molecular weight is 322 g/mol. The number of hydrogen-bond donors (Lipinski definition) is 0. The quantitative estimate of drug-likeness (QED) is 0.853. The molecule has 96 valence electrons. The lowest BCUT2D eigenvalue weighted by Crippen LogP contribution is -2.25. The number of pyridine rings is 2. The molecule has 0 aliphatic heterocycles. The van der Waals surface area contributed by atoms with Gasteiger partial charge in [0.1, 0.15) is 17.4 Å². The van der Waals surface area contributed by atoms with Gasteiger partial charge in [-0.2, -0.15) is 5.26 Å². The summed E-state index contributed by atoms with van der Waals surface area (Å²) in [6.07, 6.45) is 1.10. The molecule has 0 aromatic carbocycles. The minimum absolute atomic E-state index is 0.0552. The van der Waals surface area contributed by atoms with Gasteiger partial charge in [-0.15, -0.1) is 0 Å². The summed E-state index contributed by atoms with van der Waals surface area (Å²) >= 11 is 3.31. The molecule has 2 rings (SSSR count). The van der Waals surface area contributed by atoms with E-state index in [4.69, 9.17) is 5.26 Å². The fourth-order valence-electron chi connectivity index (χ4n) is 1.65. The zero-order valence-corrected chi connectivity index (χ0v) is 11.6. The second-order valence-corrected chi connectivity index (χ2v) is 4.82. The van der Waals surface area contributed by atoms with Crippen LogP contribution in [-0.4, -0.2) is 9.55 Å². The lowest BCUT2D eigenvalue weighted by molar-refractivity contribution is 0.615. The van der Waals surface area contributed by atoms with Crippen LogP contribution in [0.5, 0.6) is 0 Å². The van der Waals surface area contributed by atoms with Crippen molar-refractivity contribution < 1.29 is 4.39 Å². The van der Waals surface area contributed by atoms with Gasteiger partial charge in [0.15, 0.2) is 0 Å². The van der Waals surface area contributed by atoms with Crippen molar-refractivity contribution in [2.75, 3.05) is 0 Å². The van der Waals surface area contributed by atoms with Gasteiger partial charge in [0.05, 0.1) is 18.4 Å². The molecule has 2 aromatic rings. The maximum Gasteiger partial charge on any atom is 0.269 e. The molecule has 0 saturated carbocycles. The topological polar surface area (TPSA) is 58.7 Å². The summed E-state index contributed by atoms with van der Waals surface area (Å²) in [7, 11) is 0. The van der Waals surface area contributed by atoms with E-state index in [0.717, 1.165) is 6.20 Å². The fourth-order valence-corrected chi connectivity index (χ4v) is 2.09. The normalized spacial score (nSPS) is 10.2. The number of halogens is 2. The van der Waals surface area contributed by atoms with Gasteiger partial charge in [-0.25, -0.2) is 4.39 Å². The molecule has 0 amide bonds. The molecule has 6 heteroatoms. The molecule has 0 fully saturated rings. The Morgan fingerprint density at radius 1 is 1.53 bits per heavy atom. The molecular weight excluding hydrogens is 313 g/mol. The largest absolute Gasteiger partial charge is 0.305 e. The van der Waals surface area contributed by atoms with Gasteiger partial charge in [0.25, 0.3) is 5.56 Å². The number of rotatable bonds is 2. The second kappa shape index (κ2) is 5.33. The molecule has 19 heavy (non-hydrogen) atoms. The first-order valence-corrected chi connectivity index (χ1v) is 6.22. The zero-order valence-electron chi connectivity index (χ0n) is 10.0. The third-order valence-electron chi connectivity index (χ3n) is 2.73. The van der Waals surface area contributed by atoms with Crippen molar-refractivity contribution >= 4 is 15.9 Å². The van der Waals surface area contributed by atoms with Gasteiger partial charge in [0.2, 0.25) is 0 Å². The van der Waals surface area contributed by atoms with Crippen LogP contribution >= 0.6 is 15.9 Å². The van der Waals surface area contributed by atoms with Crippen molar-refractivity contribution in [3.05, 3.63) is 62.0 Å². The number of nitriles is 1. The van der Waals surface area contributed by atoms with E-state index in [2.05, 4.69) is 20.9 Å². The van der Waals surface area contributed by atoms with Crippen LogP contribution in [0.2, 0.25) is 0 Å². The minimum atomic E-state index is -0.431. The van der Waals surface area contributed by atoms with Gasteiger partial charge in [-0.1, -0.05) is 0 Å². The molecule has 0 bridgehead atoms. The van der Waals surface area contributed by atoms with Crippen LogP contribution in [0.25, 0.3) is 0 Å². The summed E-state index contributed by atoms with van der Waals surface area (Å²) in [6.45, 7) is 1.95. The van der Waals surface area contributed by atoms with Crippen LogP contribution in [-0.2, 0) is 6.54 Å². The fraction of sp³-hybridized carbons (Fsp3) is 0.154. The Balaban J connectivity index is 2.51. The highest BCUT2D eigenvalue weighted by atomic mass is 79.9. The Morgan fingerprint density at radius 3 is 2.84 bits per heavy atom. The highest BCUT2D eigenvalue weighted by Gasteiger charge is 2.11. The van der Waals surface area contributed by atoms with E-state index >= 15 is 0 Å². The smallest absolute Gasteiger partial charge is 0.269 e. The molecule has 0 aliphatic carbocycles. The lowest BCUT2D eigenvalue weighted by atomic mass is 10.2. The van der Waals surface area contributed by atoms with E-state index in [1.807, 2.05) is 6.07 Å². The molecule has 0 spiro atoms. The van der Waals surface area contributed by atoms with Gasteiger partial charge in [-0.3, -0.25) is 9.78 Å². The molecule has 2 aromatic heterocycles. The van der Waals surface area contributed by atoms with Gasteiger partial charge < -0.3 is 4.57 Å². The molecule has 0 N–H and O–H groups in total. The number of nitrogens with zero attached hydrogens (tertiary/aromatic N) is 3. The standard InChI is InChI=1S/C13H9BrFN3O/c1-8-12(14)4-9(5-16)13(19)18(8)7-11-3-2-10(15)6-17-11/h2-4,6H,7H2,1H3. The van der Waals surface area contributed by atoms with E-state index in [1.54, 1.807) is 6.92 Å². The minimum Gasteiger partial charge on any atom is -0.305 e. The molecule has 2 heterocycles. The van der Waals surface area contributed by atoms with Crippen molar-refractivity contribution in [1.82, 2.24) is 9.55 Å². The van der Waals surface area contributed by atoms with Crippen LogP contribution in [0.15, 0.2) is 33.7 Å². The summed E-state index contributed by atoms with van der Waals surface area (Å²) in [5, 5.41) is 8.91. The Morgan fingerprint density at radius 2 is 2.26 bits per heavy atom. The van der Waals surface area contributed by atoms with Crippen LogP contribution in [0, 0.1) is 24.1 Å². The molecule has 0 saturated heterocycles. The first-order chi connectivity index (χ1) is 9.02. The maximum atomic E-state index is 12.8. The molecule has 0 aliphatic rings. The molecule has 0 atom stereocenters. The Bertz CT molecular complexity index is 716. The first-order valence-electron chi connectivity index (χ1n) is 5.43. The predicted octanol–water partition coefficient (Wildman–Crippen LogP) is 2.37. The van der Waals surface area contributed by atoms with Gasteiger partial charge >= 0.3 is 0 Å². The van der Waals surface area contributed by atoms with Gasteiger partial charge in [0, 0.05) is 10.2 Å². The average Bonchev–Trinajstić information content (AvgIpc) is 2.41. The van der Waals surface area contributed by atoms with Crippen LogP contribution < -0.4 is 5.56 Å². The molecule has 0 radical (unpaired) electrons. The molecule has 4 nitrogen and oxygen atoms in total. The van der Waals surface area contributed by atoms with Crippen molar-refractivity contribution in [3.8, 4) is 6.07 Å². The van der Waals surface area contributed by atoms with Crippen LogP contribution in [0.3, 0.4) is 0 Å². The van der Waals surface area contributed by atoms with Crippen molar-refractivity contribution in [1.29, 1.82) is 5.26 Å². The summed E-state index contributed by atoms with van der Waals surface area (Å²) in [5.41, 5.74) is 0.914. The summed E-state index contributed by atoms with van der Waals surface area (Å²) in [5.74, 6) is -0.431. The zero-order chi connectivity index (χ0) is 14.0. The summed E-state index contributed by atoms with van der Waals surface area (Å²) in [4.78, 5) is 16.0. The van der Waals surface area contributed by atoms with Crippen molar-refractivity contribution in [3.63, 3.8) is 0 Å². The summed E-state index contributed by atoms with van der Waals surface area (Å²) in [6, 6.07) is 6.14. The maximum absolute atomic E-state index is 12.8. The lowest BCUT2D eigenvalue weighted by Gasteiger charge is -2.11. The molecule has 0 unspecified atom stereocenters. The third-order valence-corrected chi connectivity index (χ3v) is 3.53. The first kappa shape index (κ1) is 13.4.